The van der Waals surface area contributed by atoms with Gasteiger partial charge >= 0.3 is 0 Å². The van der Waals surface area contributed by atoms with Crippen LogP contribution < -0.4 is 5.32 Å². The van der Waals surface area contributed by atoms with Gasteiger partial charge in [0.2, 0.25) is 5.91 Å². The summed E-state index contributed by atoms with van der Waals surface area (Å²) in [6.07, 6.45) is 0.726. The minimum absolute atomic E-state index is 0.212. The summed E-state index contributed by atoms with van der Waals surface area (Å²) in [6, 6.07) is 0. The average Bonchev–Trinajstić information content (AvgIpc) is 2.14. The molecular formula is C6H10INO. The fourth-order valence-corrected chi connectivity index (χ4v) is 1.46. The van der Waals surface area contributed by atoms with E-state index in [1.165, 1.54) is 0 Å². The van der Waals surface area contributed by atoms with E-state index in [-0.39, 0.29) is 5.91 Å². The highest BCUT2D eigenvalue weighted by atomic mass is 127. The number of carbonyl (C=O) groups is 1. The molecule has 9 heavy (non-hydrogen) atoms. The molecule has 52 valence electrons. The number of nitrogens with one attached hydrogen (secondary N) is 1. The molecular weight excluding hydrogens is 229 g/mol. The molecule has 0 saturated carbocycles. The Hall–Kier alpha value is 0.200. The first-order valence-electron chi connectivity index (χ1n) is 3.11. The molecule has 1 fully saturated rings. The molecule has 0 aromatic heterocycles. The third-order valence-electron chi connectivity index (χ3n) is 1.66. The third-order valence-corrected chi connectivity index (χ3v) is 2.68. The summed E-state index contributed by atoms with van der Waals surface area (Å²) >= 11 is 2.36. The second-order valence-corrected chi connectivity index (χ2v) is 4.41. The lowest BCUT2D eigenvalue weighted by atomic mass is 10.1. The SMILES string of the molecule is CC(I)[C@H]1CNC(=O)C1. The molecule has 0 aromatic carbocycles. The summed E-state index contributed by atoms with van der Waals surface area (Å²) in [5.74, 6) is 0.779. The Morgan fingerprint density at radius 2 is 2.56 bits per heavy atom. The quantitative estimate of drug-likeness (QED) is 0.535. The van der Waals surface area contributed by atoms with E-state index < -0.39 is 0 Å². The van der Waals surface area contributed by atoms with Crippen molar-refractivity contribution in [3.05, 3.63) is 0 Å². The van der Waals surface area contributed by atoms with E-state index in [1.54, 1.807) is 0 Å². The molecule has 1 aliphatic heterocycles. The molecule has 2 atom stereocenters. The second kappa shape index (κ2) is 2.86. The topological polar surface area (TPSA) is 29.1 Å². The molecule has 1 amide bonds. The van der Waals surface area contributed by atoms with Gasteiger partial charge in [-0.1, -0.05) is 29.5 Å². The van der Waals surface area contributed by atoms with E-state index in [1.807, 2.05) is 0 Å². The van der Waals surface area contributed by atoms with Gasteiger partial charge in [-0.2, -0.15) is 0 Å². The molecule has 2 nitrogen and oxygen atoms in total. The number of hydrogen-bond donors (Lipinski definition) is 1. The summed E-state index contributed by atoms with van der Waals surface area (Å²) < 4.78 is 0.613. The molecule has 1 heterocycles. The maximum absolute atomic E-state index is 10.6. The van der Waals surface area contributed by atoms with Crippen LogP contribution in [-0.4, -0.2) is 16.4 Å². The predicted octanol–water partition coefficient (Wildman–Crippen LogP) is 0.946. The van der Waals surface area contributed by atoms with Crippen LogP contribution in [0, 0.1) is 5.92 Å². The molecule has 3 heteroatoms. The molecule has 0 radical (unpaired) electrons. The Morgan fingerprint density at radius 3 is 2.78 bits per heavy atom. The van der Waals surface area contributed by atoms with Gasteiger partial charge in [-0.05, 0) is 5.92 Å². The van der Waals surface area contributed by atoms with Crippen molar-refractivity contribution in [3.8, 4) is 0 Å². The maximum atomic E-state index is 10.6. The van der Waals surface area contributed by atoms with Gasteiger partial charge in [0.15, 0.2) is 0 Å². The van der Waals surface area contributed by atoms with Crippen LogP contribution in [0.4, 0.5) is 0 Å². The summed E-state index contributed by atoms with van der Waals surface area (Å²) in [5.41, 5.74) is 0. The molecule has 1 N–H and O–H groups in total. The van der Waals surface area contributed by atoms with E-state index in [2.05, 4.69) is 34.8 Å². The van der Waals surface area contributed by atoms with E-state index >= 15 is 0 Å². The highest BCUT2D eigenvalue weighted by molar-refractivity contribution is 14.1. The molecule has 0 aromatic rings. The zero-order valence-corrected chi connectivity index (χ0v) is 7.51. The van der Waals surface area contributed by atoms with Gasteiger partial charge in [-0.15, -0.1) is 0 Å². The van der Waals surface area contributed by atoms with Crippen LogP contribution in [-0.2, 0) is 4.79 Å². The smallest absolute Gasteiger partial charge is 0.220 e. The van der Waals surface area contributed by atoms with Crippen LogP contribution in [0.15, 0.2) is 0 Å². The van der Waals surface area contributed by atoms with Crippen molar-refractivity contribution in [1.29, 1.82) is 0 Å². The Balaban J connectivity index is 2.39. The molecule has 1 unspecified atom stereocenters. The standard InChI is InChI=1S/C6H10INO/c1-4(7)5-2-6(9)8-3-5/h4-5H,2-3H2,1H3,(H,8,9)/t4?,5-/m1/s1. The van der Waals surface area contributed by atoms with Gasteiger partial charge in [-0.3, -0.25) is 4.79 Å². The minimum atomic E-state index is 0.212. The third kappa shape index (κ3) is 1.81. The van der Waals surface area contributed by atoms with Crippen molar-refractivity contribution in [2.75, 3.05) is 6.54 Å². The van der Waals surface area contributed by atoms with Crippen molar-refractivity contribution >= 4 is 28.5 Å². The van der Waals surface area contributed by atoms with Crippen molar-refractivity contribution in [2.45, 2.75) is 17.3 Å². The van der Waals surface area contributed by atoms with Crippen LogP contribution in [0.3, 0.4) is 0 Å². The number of rotatable bonds is 1. The van der Waals surface area contributed by atoms with E-state index in [0.29, 0.717) is 9.84 Å². The van der Waals surface area contributed by atoms with E-state index in [9.17, 15) is 4.79 Å². The highest BCUT2D eigenvalue weighted by Crippen LogP contribution is 2.19. The Morgan fingerprint density at radius 1 is 1.89 bits per heavy atom. The van der Waals surface area contributed by atoms with Gasteiger partial charge in [0.05, 0.1) is 0 Å². The van der Waals surface area contributed by atoms with Gasteiger partial charge in [0.25, 0.3) is 0 Å². The zero-order chi connectivity index (χ0) is 6.85. The highest BCUT2D eigenvalue weighted by Gasteiger charge is 2.24. The predicted molar refractivity (Wildman–Crippen MR) is 44.6 cm³/mol. The summed E-state index contributed by atoms with van der Waals surface area (Å²) in [6.45, 7) is 3.02. The minimum Gasteiger partial charge on any atom is -0.356 e. The molecule has 1 rings (SSSR count). The molecule has 0 aliphatic carbocycles. The fraction of sp³-hybridized carbons (Fsp3) is 0.833. The number of carbonyl (C=O) groups excluding carboxylic acids is 1. The first-order valence-corrected chi connectivity index (χ1v) is 4.35. The molecule has 0 bridgehead atoms. The van der Waals surface area contributed by atoms with Gasteiger partial charge in [-0.25, -0.2) is 0 Å². The lowest BCUT2D eigenvalue weighted by Gasteiger charge is -2.07. The lowest BCUT2D eigenvalue weighted by molar-refractivity contribution is -0.119. The first kappa shape index (κ1) is 7.31. The molecule has 1 aliphatic rings. The molecule has 0 spiro atoms. The van der Waals surface area contributed by atoms with Gasteiger partial charge in [0.1, 0.15) is 0 Å². The van der Waals surface area contributed by atoms with Crippen molar-refractivity contribution in [1.82, 2.24) is 5.32 Å². The van der Waals surface area contributed by atoms with Crippen LogP contribution in [0.2, 0.25) is 0 Å². The Kier molecular flexibility index (Phi) is 2.32. The van der Waals surface area contributed by atoms with Crippen molar-refractivity contribution in [2.24, 2.45) is 5.92 Å². The number of hydrogen-bond acceptors (Lipinski definition) is 1. The van der Waals surface area contributed by atoms with Crippen LogP contribution in [0.5, 0.6) is 0 Å². The largest absolute Gasteiger partial charge is 0.356 e. The summed E-state index contributed by atoms with van der Waals surface area (Å²) in [5, 5.41) is 2.81. The normalized spacial score (nSPS) is 30.0. The van der Waals surface area contributed by atoms with Crippen LogP contribution >= 0.6 is 22.6 Å². The van der Waals surface area contributed by atoms with E-state index in [0.717, 1.165) is 13.0 Å². The second-order valence-electron chi connectivity index (χ2n) is 2.45. The first-order chi connectivity index (χ1) is 4.20. The summed E-state index contributed by atoms with van der Waals surface area (Å²) in [4.78, 5) is 10.6. The van der Waals surface area contributed by atoms with Crippen molar-refractivity contribution in [3.63, 3.8) is 0 Å². The number of alkyl halides is 1. The number of amides is 1. The van der Waals surface area contributed by atoms with Crippen LogP contribution in [0.1, 0.15) is 13.3 Å². The van der Waals surface area contributed by atoms with Crippen molar-refractivity contribution < 1.29 is 4.79 Å². The van der Waals surface area contributed by atoms with Gasteiger partial charge < -0.3 is 5.32 Å². The lowest BCUT2D eigenvalue weighted by Crippen LogP contribution is -2.16. The van der Waals surface area contributed by atoms with Crippen LogP contribution in [0.25, 0.3) is 0 Å². The van der Waals surface area contributed by atoms with Gasteiger partial charge in [0, 0.05) is 16.9 Å². The summed E-state index contributed by atoms with van der Waals surface area (Å²) in [7, 11) is 0. The van der Waals surface area contributed by atoms with E-state index in [4.69, 9.17) is 0 Å². The molecule has 1 saturated heterocycles. The number of halogens is 1. The zero-order valence-electron chi connectivity index (χ0n) is 5.36. The average molecular weight is 239 g/mol. The maximum Gasteiger partial charge on any atom is 0.220 e. The monoisotopic (exact) mass is 239 g/mol. The Labute approximate surface area is 68.5 Å². The fourth-order valence-electron chi connectivity index (χ4n) is 0.952. The Bertz CT molecular complexity index is 124.